The van der Waals surface area contributed by atoms with Gasteiger partial charge in [0.25, 0.3) is 0 Å². The van der Waals surface area contributed by atoms with Gasteiger partial charge in [0.15, 0.2) is 0 Å². The number of ether oxygens (including phenoxy) is 1. The normalized spacial score (nSPS) is 19.8. The molecule has 0 aromatic heterocycles. The van der Waals surface area contributed by atoms with Crippen LogP contribution >= 0.6 is 15.9 Å². The fraction of sp³-hybridized carbons (Fsp3) is 0.462. The molecule has 0 bridgehead atoms. The standard InChI is InChI=1S/C13H17BrN2O2/c1-9-2-3-12(11(14)6-9)16-7-10(4-5-15)8-18-13(16)17/h2-3,6,10H,4-5,7-8,15H2,1H3. The molecule has 0 spiro atoms. The summed E-state index contributed by atoms with van der Waals surface area (Å²) in [4.78, 5) is 13.5. The van der Waals surface area contributed by atoms with Crippen molar-refractivity contribution in [2.24, 2.45) is 11.7 Å². The second-order valence-corrected chi connectivity index (χ2v) is 5.44. The van der Waals surface area contributed by atoms with Crippen LogP contribution in [0.2, 0.25) is 0 Å². The lowest BCUT2D eigenvalue weighted by Gasteiger charge is -2.32. The Balaban J connectivity index is 2.21. The van der Waals surface area contributed by atoms with Crippen molar-refractivity contribution in [3.05, 3.63) is 28.2 Å². The zero-order chi connectivity index (χ0) is 13.1. The molecule has 98 valence electrons. The van der Waals surface area contributed by atoms with Crippen LogP contribution in [0.3, 0.4) is 0 Å². The highest BCUT2D eigenvalue weighted by Gasteiger charge is 2.28. The largest absolute Gasteiger partial charge is 0.449 e. The molecule has 1 aliphatic heterocycles. The summed E-state index contributed by atoms with van der Waals surface area (Å²) in [5.41, 5.74) is 7.56. The summed E-state index contributed by atoms with van der Waals surface area (Å²) < 4.78 is 6.12. The van der Waals surface area contributed by atoms with E-state index in [0.717, 1.165) is 22.1 Å². The van der Waals surface area contributed by atoms with Crippen molar-refractivity contribution in [3.8, 4) is 0 Å². The van der Waals surface area contributed by atoms with Gasteiger partial charge in [0.05, 0.1) is 12.3 Å². The zero-order valence-electron chi connectivity index (χ0n) is 10.4. The van der Waals surface area contributed by atoms with Crippen molar-refractivity contribution in [3.63, 3.8) is 0 Å². The Kier molecular flexibility index (Phi) is 4.24. The molecular weight excluding hydrogens is 296 g/mol. The summed E-state index contributed by atoms with van der Waals surface area (Å²) in [5.74, 6) is 0.306. The number of anilines is 1. The molecule has 0 radical (unpaired) electrons. The van der Waals surface area contributed by atoms with E-state index >= 15 is 0 Å². The van der Waals surface area contributed by atoms with E-state index in [0.29, 0.717) is 25.6 Å². The molecule has 18 heavy (non-hydrogen) atoms. The maximum absolute atomic E-state index is 11.8. The fourth-order valence-corrected chi connectivity index (χ4v) is 2.80. The monoisotopic (exact) mass is 312 g/mol. The number of halogens is 1. The van der Waals surface area contributed by atoms with Gasteiger partial charge in [-0.15, -0.1) is 0 Å². The molecule has 1 aromatic carbocycles. The van der Waals surface area contributed by atoms with Crippen LogP contribution in [0.1, 0.15) is 12.0 Å². The number of carbonyl (C=O) groups excluding carboxylic acids is 1. The third kappa shape index (κ3) is 2.84. The fourth-order valence-electron chi connectivity index (χ4n) is 2.09. The van der Waals surface area contributed by atoms with Gasteiger partial charge in [-0.05, 0) is 53.5 Å². The summed E-state index contributed by atoms with van der Waals surface area (Å²) in [7, 11) is 0. The molecule has 5 heteroatoms. The molecule has 4 nitrogen and oxygen atoms in total. The van der Waals surface area contributed by atoms with Crippen LogP contribution in [0, 0.1) is 12.8 Å². The second kappa shape index (κ2) is 5.71. The number of benzene rings is 1. The topological polar surface area (TPSA) is 55.6 Å². The molecule has 2 N–H and O–H groups in total. The van der Waals surface area contributed by atoms with E-state index in [-0.39, 0.29) is 6.09 Å². The number of rotatable bonds is 3. The van der Waals surface area contributed by atoms with Gasteiger partial charge in [-0.2, -0.15) is 0 Å². The number of hydrogen-bond acceptors (Lipinski definition) is 3. The molecule has 1 fully saturated rings. The van der Waals surface area contributed by atoms with Crippen LogP contribution in [-0.2, 0) is 4.74 Å². The van der Waals surface area contributed by atoms with Crippen molar-refractivity contribution < 1.29 is 9.53 Å². The molecule has 1 atom stereocenters. The van der Waals surface area contributed by atoms with Crippen molar-refractivity contribution in [1.29, 1.82) is 0 Å². The first-order valence-corrected chi connectivity index (χ1v) is 6.81. The summed E-state index contributed by atoms with van der Waals surface area (Å²) in [5, 5.41) is 0. The first kappa shape index (κ1) is 13.4. The SMILES string of the molecule is Cc1ccc(N2CC(CCN)COC2=O)c(Br)c1. The van der Waals surface area contributed by atoms with E-state index in [1.54, 1.807) is 4.90 Å². The highest BCUT2D eigenvalue weighted by Crippen LogP contribution is 2.30. The Morgan fingerprint density at radius 1 is 1.56 bits per heavy atom. The Morgan fingerprint density at radius 3 is 3.00 bits per heavy atom. The summed E-state index contributed by atoms with van der Waals surface area (Å²) in [6.45, 7) is 3.76. The van der Waals surface area contributed by atoms with Crippen molar-refractivity contribution in [2.45, 2.75) is 13.3 Å². The first-order valence-electron chi connectivity index (χ1n) is 6.02. The van der Waals surface area contributed by atoms with Gasteiger partial charge in [-0.25, -0.2) is 4.79 Å². The molecular formula is C13H17BrN2O2. The first-order chi connectivity index (χ1) is 8.61. The van der Waals surface area contributed by atoms with Gasteiger partial charge in [-0.1, -0.05) is 6.07 Å². The summed E-state index contributed by atoms with van der Waals surface area (Å²) in [6, 6.07) is 5.92. The molecule has 1 unspecified atom stereocenters. The Labute approximate surface area is 115 Å². The van der Waals surface area contributed by atoms with E-state index < -0.39 is 0 Å². The van der Waals surface area contributed by atoms with Crippen LogP contribution in [0.4, 0.5) is 10.5 Å². The van der Waals surface area contributed by atoms with Crippen LogP contribution in [0.5, 0.6) is 0 Å². The minimum atomic E-state index is -0.284. The quantitative estimate of drug-likeness (QED) is 0.933. The van der Waals surface area contributed by atoms with Gasteiger partial charge in [0.2, 0.25) is 0 Å². The van der Waals surface area contributed by atoms with Crippen LogP contribution < -0.4 is 10.6 Å². The number of amides is 1. The van der Waals surface area contributed by atoms with Crippen molar-refractivity contribution >= 4 is 27.7 Å². The average Bonchev–Trinajstić information content (AvgIpc) is 2.33. The van der Waals surface area contributed by atoms with Crippen molar-refractivity contribution in [1.82, 2.24) is 0 Å². The van der Waals surface area contributed by atoms with E-state index in [1.165, 1.54) is 0 Å². The maximum atomic E-state index is 11.8. The number of cyclic esters (lactones) is 1. The lowest BCUT2D eigenvalue weighted by Crippen LogP contribution is -2.43. The smallest absolute Gasteiger partial charge is 0.414 e. The molecule has 1 saturated heterocycles. The zero-order valence-corrected chi connectivity index (χ0v) is 11.9. The Bertz CT molecular complexity index is 451. The lowest BCUT2D eigenvalue weighted by atomic mass is 10.0. The van der Waals surface area contributed by atoms with Gasteiger partial charge in [0.1, 0.15) is 0 Å². The van der Waals surface area contributed by atoms with Crippen molar-refractivity contribution in [2.75, 3.05) is 24.6 Å². The minimum Gasteiger partial charge on any atom is -0.449 e. The van der Waals surface area contributed by atoms with Gasteiger partial charge >= 0.3 is 6.09 Å². The highest BCUT2D eigenvalue weighted by molar-refractivity contribution is 9.10. The van der Waals surface area contributed by atoms with Gasteiger partial charge in [-0.3, -0.25) is 4.90 Å². The number of aryl methyl sites for hydroxylation is 1. The van der Waals surface area contributed by atoms with E-state index in [2.05, 4.69) is 15.9 Å². The lowest BCUT2D eigenvalue weighted by molar-refractivity contribution is 0.113. The number of hydrogen-bond donors (Lipinski definition) is 1. The minimum absolute atomic E-state index is 0.284. The second-order valence-electron chi connectivity index (χ2n) is 4.59. The molecule has 1 aliphatic rings. The average molecular weight is 313 g/mol. The predicted molar refractivity (Wildman–Crippen MR) is 74.7 cm³/mol. The third-order valence-electron chi connectivity index (χ3n) is 3.07. The Hall–Kier alpha value is -1.07. The molecule has 1 aromatic rings. The number of carbonyl (C=O) groups is 1. The molecule has 1 amide bonds. The molecule has 0 saturated carbocycles. The van der Waals surface area contributed by atoms with Crippen LogP contribution in [0.25, 0.3) is 0 Å². The van der Waals surface area contributed by atoms with Crippen LogP contribution in [0.15, 0.2) is 22.7 Å². The van der Waals surface area contributed by atoms with E-state index in [4.69, 9.17) is 10.5 Å². The van der Waals surface area contributed by atoms with E-state index in [1.807, 2.05) is 25.1 Å². The van der Waals surface area contributed by atoms with Gasteiger partial charge in [0, 0.05) is 16.9 Å². The third-order valence-corrected chi connectivity index (χ3v) is 3.71. The molecule has 2 rings (SSSR count). The summed E-state index contributed by atoms with van der Waals surface area (Å²) in [6.07, 6.45) is 0.584. The molecule has 0 aliphatic carbocycles. The number of nitrogens with two attached hydrogens (primary N) is 1. The summed E-state index contributed by atoms with van der Waals surface area (Å²) >= 11 is 3.49. The number of nitrogens with zero attached hydrogens (tertiary/aromatic N) is 1. The Morgan fingerprint density at radius 2 is 2.33 bits per heavy atom. The predicted octanol–water partition coefficient (Wildman–Crippen LogP) is 2.68. The molecule has 1 heterocycles. The van der Waals surface area contributed by atoms with E-state index in [9.17, 15) is 4.79 Å². The highest BCUT2D eigenvalue weighted by atomic mass is 79.9. The van der Waals surface area contributed by atoms with Gasteiger partial charge < -0.3 is 10.5 Å². The maximum Gasteiger partial charge on any atom is 0.414 e. The van der Waals surface area contributed by atoms with Crippen LogP contribution in [-0.4, -0.2) is 25.8 Å².